The van der Waals surface area contributed by atoms with Gasteiger partial charge in [0.1, 0.15) is 0 Å². The number of nitrogens with zero attached hydrogens (tertiary/aromatic N) is 4. The first-order valence-electron chi connectivity index (χ1n) is 8.47. The number of amides is 1. The zero-order valence-electron chi connectivity index (χ0n) is 14.8. The molecule has 0 saturated carbocycles. The van der Waals surface area contributed by atoms with Crippen LogP contribution in [-0.2, 0) is 6.18 Å². The predicted octanol–water partition coefficient (Wildman–Crippen LogP) is 2.98. The van der Waals surface area contributed by atoms with Gasteiger partial charge in [0.2, 0.25) is 0 Å². The summed E-state index contributed by atoms with van der Waals surface area (Å²) in [6.07, 6.45) is -2.09. The highest BCUT2D eigenvalue weighted by molar-refractivity contribution is 5.95. The van der Waals surface area contributed by atoms with Gasteiger partial charge in [-0.3, -0.25) is 4.79 Å². The maximum Gasteiger partial charge on any atom is 0.416 e. The minimum Gasteiger partial charge on any atom is -0.337 e. The van der Waals surface area contributed by atoms with Gasteiger partial charge in [-0.25, -0.2) is 4.68 Å². The topological polar surface area (TPSA) is 41.4 Å². The van der Waals surface area contributed by atoms with E-state index in [4.69, 9.17) is 0 Å². The molecule has 1 aliphatic heterocycles. The fourth-order valence-corrected chi connectivity index (χ4v) is 3.11. The summed E-state index contributed by atoms with van der Waals surface area (Å²) < 4.78 is 40.2. The quantitative estimate of drug-likeness (QED) is 0.821. The number of alkyl halides is 3. The first kappa shape index (κ1) is 18.4. The lowest BCUT2D eigenvalue weighted by molar-refractivity contribution is -0.137. The van der Waals surface area contributed by atoms with Gasteiger partial charge in [0.25, 0.3) is 5.91 Å². The lowest BCUT2D eigenvalue weighted by Crippen LogP contribution is -2.34. The number of hydrogen-bond acceptors (Lipinski definition) is 3. The molecule has 0 atom stereocenters. The van der Waals surface area contributed by atoms with Gasteiger partial charge < -0.3 is 9.80 Å². The number of aromatic nitrogens is 2. The maximum atomic E-state index is 12.9. The summed E-state index contributed by atoms with van der Waals surface area (Å²) in [5.74, 6) is -0.129. The second-order valence-electron chi connectivity index (χ2n) is 6.55. The summed E-state index contributed by atoms with van der Waals surface area (Å²) in [4.78, 5) is 16.8. The molecule has 2 aromatic rings. The van der Waals surface area contributed by atoms with Gasteiger partial charge in [-0.05, 0) is 45.1 Å². The zero-order valence-corrected chi connectivity index (χ0v) is 14.8. The van der Waals surface area contributed by atoms with Gasteiger partial charge >= 0.3 is 6.18 Å². The van der Waals surface area contributed by atoms with Gasteiger partial charge in [-0.2, -0.15) is 18.3 Å². The molecule has 1 amide bonds. The summed E-state index contributed by atoms with van der Waals surface area (Å²) in [6, 6.07) is 4.94. The van der Waals surface area contributed by atoms with Crippen LogP contribution in [0.5, 0.6) is 0 Å². The Balaban J connectivity index is 1.87. The largest absolute Gasteiger partial charge is 0.416 e. The molecule has 1 saturated heterocycles. The summed E-state index contributed by atoms with van der Waals surface area (Å²) >= 11 is 0. The van der Waals surface area contributed by atoms with E-state index >= 15 is 0 Å². The molecule has 1 aliphatic rings. The number of rotatable bonds is 2. The monoisotopic (exact) mass is 366 g/mol. The van der Waals surface area contributed by atoms with Crippen molar-refractivity contribution in [2.24, 2.45) is 0 Å². The molecule has 1 fully saturated rings. The van der Waals surface area contributed by atoms with Crippen molar-refractivity contribution in [3.63, 3.8) is 0 Å². The van der Waals surface area contributed by atoms with E-state index in [9.17, 15) is 18.0 Å². The molecule has 26 heavy (non-hydrogen) atoms. The number of benzene rings is 1. The van der Waals surface area contributed by atoms with Crippen LogP contribution in [0.3, 0.4) is 0 Å². The van der Waals surface area contributed by atoms with Crippen LogP contribution in [-0.4, -0.2) is 58.7 Å². The molecule has 0 radical (unpaired) electrons. The fraction of sp³-hybridized carbons (Fsp3) is 0.444. The Kier molecular flexibility index (Phi) is 5.04. The van der Waals surface area contributed by atoms with E-state index in [0.717, 1.165) is 31.6 Å². The minimum atomic E-state index is -4.42. The molecule has 0 aliphatic carbocycles. The first-order valence-corrected chi connectivity index (χ1v) is 8.47. The summed E-state index contributed by atoms with van der Waals surface area (Å²) in [6.45, 7) is 4.73. The van der Waals surface area contributed by atoms with E-state index in [2.05, 4.69) is 10.00 Å². The normalized spacial score (nSPS) is 16.6. The van der Waals surface area contributed by atoms with Crippen molar-refractivity contribution in [1.82, 2.24) is 19.6 Å². The van der Waals surface area contributed by atoms with E-state index < -0.39 is 11.7 Å². The second-order valence-corrected chi connectivity index (χ2v) is 6.55. The maximum absolute atomic E-state index is 12.9. The number of halogens is 3. The van der Waals surface area contributed by atoms with Crippen LogP contribution in [0.15, 0.2) is 30.5 Å². The fourth-order valence-electron chi connectivity index (χ4n) is 3.11. The SMILES string of the molecule is Cc1c(C(=O)N2CCCN(C)CC2)cnn1-c1cccc(C(F)(F)F)c1. The molecule has 2 heterocycles. The van der Waals surface area contributed by atoms with E-state index in [1.54, 1.807) is 17.9 Å². The van der Waals surface area contributed by atoms with Gasteiger partial charge in [0.05, 0.1) is 28.7 Å². The third-order valence-corrected chi connectivity index (χ3v) is 4.66. The van der Waals surface area contributed by atoms with Crippen molar-refractivity contribution in [2.45, 2.75) is 19.5 Å². The van der Waals surface area contributed by atoms with Crippen molar-refractivity contribution >= 4 is 5.91 Å². The first-order chi connectivity index (χ1) is 12.3. The molecule has 0 unspecified atom stereocenters. The number of carbonyl (C=O) groups excluding carboxylic acids is 1. The van der Waals surface area contributed by atoms with Crippen LogP contribution in [0.2, 0.25) is 0 Å². The molecule has 0 N–H and O–H groups in total. The van der Waals surface area contributed by atoms with Crippen LogP contribution >= 0.6 is 0 Å². The van der Waals surface area contributed by atoms with Crippen molar-refractivity contribution in [2.75, 3.05) is 33.2 Å². The van der Waals surface area contributed by atoms with Crippen LogP contribution in [0, 0.1) is 6.92 Å². The van der Waals surface area contributed by atoms with Crippen LogP contribution in [0.25, 0.3) is 5.69 Å². The molecule has 5 nitrogen and oxygen atoms in total. The predicted molar refractivity (Wildman–Crippen MR) is 91.3 cm³/mol. The molecular formula is C18H21F3N4O. The van der Waals surface area contributed by atoms with Crippen LogP contribution < -0.4 is 0 Å². The van der Waals surface area contributed by atoms with Gasteiger partial charge in [0.15, 0.2) is 0 Å². The molecule has 0 bridgehead atoms. The zero-order chi connectivity index (χ0) is 18.9. The third kappa shape index (κ3) is 3.75. The number of likely N-dealkylation sites (N-methyl/N-ethyl adjacent to an activating group) is 1. The highest BCUT2D eigenvalue weighted by atomic mass is 19.4. The Morgan fingerprint density at radius 2 is 1.92 bits per heavy atom. The molecule has 0 spiro atoms. The number of carbonyl (C=O) groups is 1. The average molecular weight is 366 g/mol. The van der Waals surface area contributed by atoms with Gasteiger partial charge in [-0.15, -0.1) is 0 Å². The van der Waals surface area contributed by atoms with Crippen molar-refractivity contribution in [3.8, 4) is 5.69 Å². The Labute approximate surface area is 150 Å². The lowest BCUT2D eigenvalue weighted by Gasteiger charge is -2.20. The highest BCUT2D eigenvalue weighted by Gasteiger charge is 2.31. The molecule has 140 valence electrons. The Hall–Kier alpha value is -2.35. The third-order valence-electron chi connectivity index (χ3n) is 4.66. The van der Waals surface area contributed by atoms with Crippen molar-refractivity contribution < 1.29 is 18.0 Å². The van der Waals surface area contributed by atoms with Crippen molar-refractivity contribution in [1.29, 1.82) is 0 Å². The molecule has 1 aromatic carbocycles. The Morgan fingerprint density at radius 3 is 2.65 bits per heavy atom. The van der Waals surface area contributed by atoms with Crippen LogP contribution in [0.1, 0.15) is 28.0 Å². The van der Waals surface area contributed by atoms with E-state index in [1.165, 1.54) is 16.9 Å². The Bertz CT molecular complexity index is 800. The molecule has 3 rings (SSSR count). The van der Waals surface area contributed by atoms with Gasteiger partial charge in [-0.1, -0.05) is 6.07 Å². The molecular weight excluding hydrogens is 345 g/mol. The smallest absolute Gasteiger partial charge is 0.337 e. The minimum absolute atomic E-state index is 0.129. The summed E-state index contributed by atoms with van der Waals surface area (Å²) in [5, 5.41) is 4.15. The second kappa shape index (κ2) is 7.11. The summed E-state index contributed by atoms with van der Waals surface area (Å²) in [5.41, 5.74) is 0.499. The van der Waals surface area contributed by atoms with E-state index in [0.29, 0.717) is 24.3 Å². The van der Waals surface area contributed by atoms with Gasteiger partial charge in [0, 0.05) is 19.6 Å². The highest BCUT2D eigenvalue weighted by Crippen LogP contribution is 2.30. The Morgan fingerprint density at radius 1 is 1.15 bits per heavy atom. The van der Waals surface area contributed by atoms with E-state index in [1.807, 2.05) is 7.05 Å². The molecule has 8 heteroatoms. The van der Waals surface area contributed by atoms with Crippen molar-refractivity contribution in [3.05, 3.63) is 47.3 Å². The van der Waals surface area contributed by atoms with E-state index in [-0.39, 0.29) is 11.6 Å². The molecule has 1 aromatic heterocycles. The average Bonchev–Trinajstić information content (AvgIpc) is 2.84. The summed E-state index contributed by atoms with van der Waals surface area (Å²) in [7, 11) is 2.02. The van der Waals surface area contributed by atoms with Crippen LogP contribution in [0.4, 0.5) is 13.2 Å². The lowest BCUT2D eigenvalue weighted by atomic mass is 10.2. The standard InChI is InChI=1S/C18H21F3N4O/c1-13-16(17(26)24-8-4-7-23(2)9-10-24)12-22-25(13)15-6-3-5-14(11-15)18(19,20)21/h3,5-6,11-12H,4,7-10H2,1-2H3. The number of hydrogen-bond donors (Lipinski definition) is 0.